The average Bonchev–Trinajstić information content (AvgIpc) is 2.94. The molecule has 1 heterocycles. The molecule has 7 heteroatoms. The quantitative estimate of drug-likeness (QED) is 0.525. The van der Waals surface area contributed by atoms with Crippen molar-refractivity contribution >= 4 is 27.7 Å². The third-order valence-electron chi connectivity index (χ3n) is 3.02. The van der Waals surface area contributed by atoms with E-state index in [1.54, 1.807) is 0 Å². The molecule has 0 bridgehead atoms. The van der Waals surface area contributed by atoms with Crippen LogP contribution in [-0.2, 0) is 0 Å². The minimum absolute atomic E-state index is 0.0184. The van der Waals surface area contributed by atoms with Gasteiger partial charge in [-0.25, -0.2) is 0 Å². The van der Waals surface area contributed by atoms with Crippen molar-refractivity contribution in [1.29, 1.82) is 0 Å². The molecule has 1 saturated carbocycles. The summed E-state index contributed by atoms with van der Waals surface area (Å²) in [5.74, 6) is -0.374. The number of alkyl halides is 1. The zero-order valence-electron chi connectivity index (χ0n) is 9.60. The fourth-order valence-corrected chi connectivity index (χ4v) is 2.86. The highest BCUT2D eigenvalue weighted by atomic mass is 79.9. The number of nitro groups is 1. The fraction of sp³-hybridized carbons (Fsp3) is 0.545. The van der Waals surface area contributed by atoms with Crippen LogP contribution in [0, 0.1) is 16.0 Å². The molecule has 0 aliphatic heterocycles. The standard InChI is InChI=1S/C11H13BrN2O4/c12-8-2-1-7(5-8)6-13-11(15)9-3-4-10(18-9)14(16)17/h3-4,7-8H,1-2,5-6H2,(H,13,15). The number of furan rings is 1. The lowest BCUT2D eigenvalue weighted by Crippen LogP contribution is -2.28. The first-order valence-corrected chi connectivity index (χ1v) is 6.64. The SMILES string of the molecule is O=C(NCC1CCC(Br)C1)c1ccc([N+](=O)[O-])o1. The van der Waals surface area contributed by atoms with E-state index in [4.69, 9.17) is 4.42 Å². The van der Waals surface area contributed by atoms with Crippen LogP contribution in [-0.4, -0.2) is 22.2 Å². The van der Waals surface area contributed by atoms with Crippen LogP contribution in [0.25, 0.3) is 0 Å². The first-order chi connectivity index (χ1) is 8.56. The Kier molecular flexibility index (Phi) is 4.00. The van der Waals surface area contributed by atoms with Gasteiger partial charge in [0.1, 0.15) is 4.92 Å². The van der Waals surface area contributed by atoms with Crippen LogP contribution in [0.3, 0.4) is 0 Å². The molecule has 0 spiro atoms. The van der Waals surface area contributed by atoms with E-state index in [9.17, 15) is 14.9 Å². The minimum atomic E-state index is -0.664. The Morgan fingerprint density at radius 2 is 2.33 bits per heavy atom. The van der Waals surface area contributed by atoms with E-state index in [-0.39, 0.29) is 5.76 Å². The molecule has 0 radical (unpaired) electrons. The van der Waals surface area contributed by atoms with Crippen molar-refractivity contribution in [3.05, 3.63) is 28.0 Å². The summed E-state index contributed by atoms with van der Waals surface area (Å²) in [4.78, 5) is 22.0. The van der Waals surface area contributed by atoms with Crippen LogP contribution < -0.4 is 5.32 Å². The van der Waals surface area contributed by atoms with E-state index in [0.717, 1.165) is 19.3 Å². The zero-order valence-corrected chi connectivity index (χ0v) is 11.2. The molecule has 1 aliphatic rings. The Labute approximate surface area is 112 Å². The monoisotopic (exact) mass is 316 g/mol. The third-order valence-corrected chi connectivity index (χ3v) is 3.86. The van der Waals surface area contributed by atoms with Crippen LogP contribution in [0.1, 0.15) is 29.8 Å². The molecule has 0 aromatic carbocycles. The lowest BCUT2D eigenvalue weighted by atomic mass is 10.1. The van der Waals surface area contributed by atoms with Gasteiger partial charge in [0, 0.05) is 11.4 Å². The zero-order chi connectivity index (χ0) is 13.1. The van der Waals surface area contributed by atoms with E-state index in [1.807, 2.05) is 0 Å². The predicted molar refractivity (Wildman–Crippen MR) is 67.8 cm³/mol. The van der Waals surface area contributed by atoms with Gasteiger partial charge >= 0.3 is 5.88 Å². The Bertz CT molecular complexity index is 460. The Morgan fingerprint density at radius 1 is 1.56 bits per heavy atom. The normalized spacial score (nSPS) is 22.9. The molecule has 1 aromatic rings. The molecule has 1 aliphatic carbocycles. The van der Waals surface area contributed by atoms with E-state index in [0.29, 0.717) is 17.3 Å². The minimum Gasteiger partial charge on any atom is -0.395 e. The highest BCUT2D eigenvalue weighted by Gasteiger charge is 2.24. The largest absolute Gasteiger partial charge is 0.433 e. The highest BCUT2D eigenvalue weighted by molar-refractivity contribution is 9.09. The van der Waals surface area contributed by atoms with Gasteiger partial charge in [0.25, 0.3) is 5.91 Å². The number of carbonyl (C=O) groups excluding carboxylic acids is 1. The fourth-order valence-electron chi connectivity index (χ4n) is 2.07. The maximum Gasteiger partial charge on any atom is 0.433 e. The predicted octanol–water partition coefficient (Wildman–Crippen LogP) is 2.48. The lowest BCUT2D eigenvalue weighted by Gasteiger charge is -2.09. The molecule has 1 amide bonds. The van der Waals surface area contributed by atoms with Crippen molar-refractivity contribution in [1.82, 2.24) is 5.32 Å². The molecule has 1 aromatic heterocycles. The maximum atomic E-state index is 11.7. The molecular weight excluding hydrogens is 304 g/mol. The summed E-state index contributed by atoms with van der Waals surface area (Å²) in [6.45, 7) is 0.579. The smallest absolute Gasteiger partial charge is 0.395 e. The van der Waals surface area contributed by atoms with Crippen LogP contribution in [0.15, 0.2) is 16.5 Å². The number of hydrogen-bond acceptors (Lipinski definition) is 4. The summed E-state index contributed by atoms with van der Waals surface area (Å²) < 4.78 is 4.82. The van der Waals surface area contributed by atoms with Crippen molar-refractivity contribution in [2.24, 2.45) is 5.92 Å². The van der Waals surface area contributed by atoms with Crippen molar-refractivity contribution < 1.29 is 14.1 Å². The molecule has 0 saturated heterocycles. The van der Waals surface area contributed by atoms with Crippen LogP contribution in [0.5, 0.6) is 0 Å². The van der Waals surface area contributed by atoms with Gasteiger partial charge in [0.2, 0.25) is 0 Å². The molecule has 1 N–H and O–H groups in total. The second kappa shape index (κ2) is 5.51. The first-order valence-electron chi connectivity index (χ1n) is 5.72. The number of hydrogen-bond donors (Lipinski definition) is 1. The maximum absolute atomic E-state index is 11.7. The Morgan fingerprint density at radius 3 is 2.89 bits per heavy atom. The van der Waals surface area contributed by atoms with Crippen molar-refractivity contribution in [3.8, 4) is 0 Å². The van der Waals surface area contributed by atoms with Gasteiger partial charge < -0.3 is 9.73 Å². The summed E-state index contributed by atoms with van der Waals surface area (Å²) in [5, 5.41) is 13.2. The van der Waals surface area contributed by atoms with Crippen LogP contribution in [0.4, 0.5) is 5.88 Å². The summed E-state index contributed by atoms with van der Waals surface area (Å²) in [5.41, 5.74) is 0. The van der Waals surface area contributed by atoms with Gasteiger partial charge in [-0.05, 0) is 31.2 Å². The molecule has 2 atom stereocenters. The number of nitrogens with zero attached hydrogens (tertiary/aromatic N) is 1. The molecule has 2 rings (SSSR count). The van der Waals surface area contributed by atoms with Crippen molar-refractivity contribution in [3.63, 3.8) is 0 Å². The molecule has 18 heavy (non-hydrogen) atoms. The second-order valence-electron chi connectivity index (χ2n) is 4.38. The van der Waals surface area contributed by atoms with Gasteiger partial charge in [-0.15, -0.1) is 0 Å². The van der Waals surface area contributed by atoms with Gasteiger partial charge in [0.05, 0.1) is 6.07 Å². The van der Waals surface area contributed by atoms with Gasteiger partial charge in [-0.2, -0.15) is 0 Å². The average molecular weight is 317 g/mol. The van der Waals surface area contributed by atoms with Gasteiger partial charge in [-0.1, -0.05) is 15.9 Å². The van der Waals surface area contributed by atoms with Gasteiger partial charge in [-0.3, -0.25) is 14.9 Å². The molecule has 1 fully saturated rings. The number of carbonyl (C=O) groups is 1. The number of amides is 1. The first kappa shape index (κ1) is 13.1. The van der Waals surface area contributed by atoms with Gasteiger partial charge in [0.15, 0.2) is 5.76 Å². The summed E-state index contributed by atoms with van der Waals surface area (Å²) >= 11 is 3.54. The van der Waals surface area contributed by atoms with Crippen molar-refractivity contribution in [2.75, 3.05) is 6.54 Å². The molecule has 2 unspecified atom stereocenters. The van der Waals surface area contributed by atoms with E-state index >= 15 is 0 Å². The van der Waals surface area contributed by atoms with Crippen LogP contribution >= 0.6 is 15.9 Å². The molecule has 6 nitrogen and oxygen atoms in total. The molecular formula is C11H13BrN2O4. The van der Waals surface area contributed by atoms with E-state index in [1.165, 1.54) is 12.1 Å². The summed E-state index contributed by atoms with van der Waals surface area (Å²) in [6, 6.07) is 2.49. The lowest BCUT2D eigenvalue weighted by molar-refractivity contribution is -0.402. The topological polar surface area (TPSA) is 85.4 Å². The third kappa shape index (κ3) is 3.10. The number of halogens is 1. The van der Waals surface area contributed by atoms with Crippen LogP contribution in [0.2, 0.25) is 0 Å². The van der Waals surface area contributed by atoms with E-state index < -0.39 is 16.7 Å². The second-order valence-corrected chi connectivity index (χ2v) is 5.68. The van der Waals surface area contributed by atoms with E-state index in [2.05, 4.69) is 21.2 Å². The van der Waals surface area contributed by atoms with Crippen molar-refractivity contribution in [2.45, 2.75) is 24.1 Å². The Hall–Kier alpha value is -1.37. The summed E-state index contributed by atoms with van der Waals surface area (Å²) in [7, 11) is 0. The highest BCUT2D eigenvalue weighted by Crippen LogP contribution is 2.30. The Balaban J connectivity index is 1.85. The number of rotatable bonds is 4. The summed E-state index contributed by atoms with van der Waals surface area (Å²) in [6.07, 6.45) is 3.24. The number of nitrogens with one attached hydrogen (secondary N) is 1. The molecule has 98 valence electrons.